The average Bonchev–Trinajstić information content (AvgIpc) is 3.15. The number of hydrazone groups is 1. The number of para-hydroxylation sites is 1. The van der Waals surface area contributed by atoms with Crippen molar-refractivity contribution in [2.75, 3.05) is 10.3 Å². The Kier molecular flexibility index (Phi) is 3.75. The molecule has 3 N–H and O–H groups in total. The van der Waals surface area contributed by atoms with Crippen molar-refractivity contribution in [1.82, 2.24) is 10.1 Å². The summed E-state index contributed by atoms with van der Waals surface area (Å²) >= 11 is 0. The molecule has 0 saturated heterocycles. The molecule has 2 heterocycles. The number of hydrogen-bond acceptors (Lipinski definition) is 7. The minimum Gasteiger partial charge on any atom is -0.368 e. The number of nitrogens with two attached hydrogens (primary N) is 1. The molecular formula is C14H14N6O3. The first-order valence-corrected chi connectivity index (χ1v) is 6.87. The van der Waals surface area contributed by atoms with Crippen LogP contribution < -0.4 is 16.1 Å². The highest BCUT2D eigenvalue weighted by molar-refractivity contribution is 6.44. The Morgan fingerprint density at radius 2 is 2.09 bits per heavy atom. The number of carbonyl (C=O) groups excluding carboxylic acids is 2. The van der Waals surface area contributed by atoms with Gasteiger partial charge in [0.1, 0.15) is 11.8 Å². The molecule has 1 aliphatic rings. The van der Waals surface area contributed by atoms with E-state index in [2.05, 4.69) is 20.6 Å². The number of benzene rings is 1. The zero-order valence-corrected chi connectivity index (χ0v) is 12.3. The van der Waals surface area contributed by atoms with E-state index >= 15 is 0 Å². The molecule has 2 amide bonds. The summed E-state index contributed by atoms with van der Waals surface area (Å²) in [7, 11) is 0. The summed E-state index contributed by atoms with van der Waals surface area (Å²) in [4.78, 5) is 27.8. The van der Waals surface area contributed by atoms with Gasteiger partial charge in [-0.25, -0.2) is 0 Å². The molecule has 0 radical (unpaired) electrons. The molecule has 3 rings (SSSR count). The lowest BCUT2D eigenvalue weighted by Crippen LogP contribution is -2.39. The van der Waals surface area contributed by atoms with E-state index in [4.69, 9.17) is 10.3 Å². The quantitative estimate of drug-likeness (QED) is 0.843. The van der Waals surface area contributed by atoms with Gasteiger partial charge in [0, 0.05) is 6.42 Å². The second-order valence-electron chi connectivity index (χ2n) is 4.95. The Balaban J connectivity index is 1.82. The summed E-state index contributed by atoms with van der Waals surface area (Å²) in [6.45, 7) is 1.63. The van der Waals surface area contributed by atoms with Crippen LogP contribution in [0, 0.1) is 6.92 Å². The zero-order valence-electron chi connectivity index (χ0n) is 12.3. The molecule has 0 fully saturated rings. The zero-order chi connectivity index (χ0) is 16.4. The van der Waals surface area contributed by atoms with Crippen LogP contribution in [0.3, 0.4) is 0 Å². The largest absolute Gasteiger partial charge is 0.368 e. The van der Waals surface area contributed by atoms with Crippen LogP contribution in [0.2, 0.25) is 0 Å². The molecule has 9 heteroatoms. The lowest BCUT2D eigenvalue weighted by Gasteiger charge is -2.20. The molecule has 0 spiro atoms. The van der Waals surface area contributed by atoms with E-state index in [1.165, 1.54) is 5.01 Å². The predicted octanol–water partition coefficient (Wildman–Crippen LogP) is 0.437. The van der Waals surface area contributed by atoms with E-state index in [0.29, 0.717) is 11.5 Å². The summed E-state index contributed by atoms with van der Waals surface area (Å²) in [6, 6.07) is 8.27. The van der Waals surface area contributed by atoms with Gasteiger partial charge in [0.2, 0.25) is 5.91 Å². The van der Waals surface area contributed by atoms with Crippen molar-refractivity contribution in [3.05, 3.63) is 36.2 Å². The van der Waals surface area contributed by atoms with E-state index in [1.807, 2.05) is 18.2 Å². The fraction of sp³-hybridized carbons (Fsp3) is 0.214. The van der Waals surface area contributed by atoms with Crippen LogP contribution in [0.4, 0.5) is 11.7 Å². The minimum absolute atomic E-state index is 0.0241. The third-order valence-corrected chi connectivity index (χ3v) is 3.27. The molecule has 0 aliphatic carbocycles. The highest BCUT2D eigenvalue weighted by atomic mass is 16.5. The number of amides is 2. The van der Waals surface area contributed by atoms with Crippen LogP contribution in [0.25, 0.3) is 0 Å². The Hall–Kier alpha value is -3.23. The number of hydrogen-bond donors (Lipinski definition) is 2. The van der Waals surface area contributed by atoms with Crippen molar-refractivity contribution in [2.24, 2.45) is 10.8 Å². The van der Waals surface area contributed by atoms with Crippen LogP contribution in [0.5, 0.6) is 0 Å². The molecule has 23 heavy (non-hydrogen) atoms. The molecule has 0 bridgehead atoms. The maximum atomic E-state index is 12.2. The first-order valence-electron chi connectivity index (χ1n) is 6.87. The van der Waals surface area contributed by atoms with Crippen LogP contribution in [0.1, 0.15) is 12.2 Å². The van der Waals surface area contributed by atoms with E-state index in [-0.39, 0.29) is 18.1 Å². The van der Waals surface area contributed by atoms with Gasteiger partial charge in [-0.15, -0.1) is 0 Å². The molecule has 9 nitrogen and oxygen atoms in total. The number of aromatic nitrogens is 2. The number of primary amides is 1. The summed E-state index contributed by atoms with van der Waals surface area (Å²) in [6.07, 6.45) is 0.100. The van der Waals surface area contributed by atoms with Crippen LogP contribution in [0.15, 0.2) is 40.0 Å². The lowest BCUT2D eigenvalue weighted by molar-refractivity contribution is -0.119. The number of rotatable bonds is 4. The van der Waals surface area contributed by atoms with E-state index < -0.39 is 17.9 Å². The van der Waals surface area contributed by atoms with Crippen LogP contribution in [-0.4, -0.2) is 33.7 Å². The molecule has 1 aliphatic heterocycles. The fourth-order valence-electron chi connectivity index (χ4n) is 2.20. The van der Waals surface area contributed by atoms with E-state index in [1.54, 1.807) is 19.1 Å². The fourth-order valence-corrected chi connectivity index (χ4v) is 2.20. The van der Waals surface area contributed by atoms with Gasteiger partial charge in [-0.05, 0) is 19.1 Å². The number of nitrogens with zero attached hydrogens (tertiary/aromatic N) is 4. The maximum Gasteiger partial charge on any atom is 0.328 e. The molecule has 1 unspecified atom stereocenters. The molecule has 118 valence electrons. The van der Waals surface area contributed by atoms with Gasteiger partial charge in [-0.1, -0.05) is 23.4 Å². The van der Waals surface area contributed by atoms with Gasteiger partial charge in [0.15, 0.2) is 5.82 Å². The van der Waals surface area contributed by atoms with E-state index in [0.717, 1.165) is 0 Å². The summed E-state index contributed by atoms with van der Waals surface area (Å²) in [5.41, 5.74) is 6.25. The molecule has 0 saturated carbocycles. The van der Waals surface area contributed by atoms with Crippen molar-refractivity contribution in [3.63, 3.8) is 0 Å². The summed E-state index contributed by atoms with van der Waals surface area (Å²) in [5, 5.41) is 11.7. The standard InChI is InChI=1S/C14H14N6O3/c1-8-16-14(23-19-8)17-13(22)10-7-11(12(15)21)20(18-10)9-5-3-2-4-6-9/h2-6,11H,7H2,1H3,(H2,15,21)(H,16,17,19,22). The van der Waals surface area contributed by atoms with Crippen molar-refractivity contribution >= 4 is 29.2 Å². The van der Waals surface area contributed by atoms with Gasteiger partial charge < -0.3 is 10.3 Å². The second-order valence-corrected chi connectivity index (χ2v) is 4.95. The third-order valence-electron chi connectivity index (χ3n) is 3.27. The van der Waals surface area contributed by atoms with Gasteiger partial charge in [0.05, 0.1) is 5.69 Å². The number of anilines is 2. The van der Waals surface area contributed by atoms with Crippen molar-refractivity contribution in [1.29, 1.82) is 0 Å². The van der Waals surface area contributed by atoms with E-state index in [9.17, 15) is 9.59 Å². The molecular weight excluding hydrogens is 300 g/mol. The lowest BCUT2D eigenvalue weighted by atomic mass is 10.1. The maximum absolute atomic E-state index is 12.2. The summed E-state index contributed by atoms with van der Waals surface area (Å²) < 4.78 is 4.83. The SMILES string of the molecule is Cc1noc(NC(=O)C2=NN(c3ccccc3)C(C(N)=O)C2)n1. The smallest absolute Gasteiger partial charge is 0.328 e. The van der Waals surface area contributed by atoms with Gasteiger partial charge in [-0.2, -0.15) is 10.1 Å². The third kappa shape index (κ3) is 3.03. The van der Waals surface area contributed by atoms with Crippen molar-refractivity contribution < 1.29 is 14.1 Å². The predicted molar refractivity (Wildman–Crippen MR) is 81.6 cm³/mol. The van der Waals surface area contributed by atoms with Gasteiger partial charge >= 0.3 is 6.01 Å². The summed E-state index contributed by atoms with van der Waals surface area (Å²) in [5.74, 6) is -0.679. The highest BCUT2D eigenvalue weighted by Gasteiger charge is 2.35. The second kappa shape index (κ2) is 5.87. The molecule has 1 aromatic heterocycles. The number of carbonyl (C=O) groups is 2. The molecule has 1 atom stereocenters. The van der Waals surface area contributed by atoms with Crippen LogP contribution >= 0.6 is 0 Å². The number of aryl methyl sites for hydroxylation is 1. The Bertz CT molecular complexity index is 770. The number of nitrogens with one attached hydrogen (secondary N) is 1. The van der Waals surface area contributed by atoms with Crippen molar-refractivity contribution in [2.45, 2.75) is 19.4 Å². The van der Waals surface area contributed by atoms with Crippen LogP contribution in [-0.2, 0) is 9.59 Å². The normalized spacial score (nSPS) is 17.0. The highest BCUT2D eigenvalue weighted by Crippen LogP contribution is 2.24. The Morgan fingerprint density at radius 1 is 1.35 bits per heavy atom. The van der Waals surface area contributed by atoms with Gasteiger partial charge in [-0.3, -0.25) is 19.9 Å². The Labute approximate surface area is 131 Å². The van der Waals surface area contributed by atoms with Crippen molar-refractivity contribution in [3.8, 4) is 0 Å². The first kappa shape index (κ1) is 14.7. The average molecular weight is 314 g/mol. The minimum atomic E-state index is -0.720. The van der Waals surface area contributed by atoms with Gasteiger partial charge in [0.25, 0.3) is 5.91 Å². The first-order chi connectivity index (χ1) is 11.0. The topological polar surface area (TPSA) is 127 Å². The monoisotopic (exact) mass is 314 g/mol. The Morgan fingerprint density at radius 3 is 2.70 bits per heavy atom. The molecule has 1 aromatic carbocycles. The molecule has 2 aromatic rings.